The van der Waals surface area contributed by atoms with Crippen molar-refractivity contribution in [1.82, 2.24) is 0 Å². The molecule has 3 nitrogen and oxygen atoms in total. The molecule has 1 N–H and O–H groups in total. The number of hydrogen-bond acceptors (Lipinski definition) is 3. The van der Waals surface area contributed by atoms with Crippen molar-refractivity contribution >= 4 is 18.3 Å². The van der Waals surface area contributed by atoms with Crippen LogP contribution in [-0.2, 0) is 4.74 Å². The van der Waals surface area contributed by atoms with Gasteiger partial charge >= 0.3 is 0 Å². The molecule has 0 radical (unpaired) electrons. The number of ether oxygens (including phenoxy) is 1. The minimum absolute atomic E-state index is 0. The number of halogens is 1. The topological polar surface area (TPSA) is 56.9 Å². The van der Waals surface area contributed by atoms with Gasteiger partial charge in [-0.3, -0.25) is 5.41 Å². The molecule has 14 heavy (non-hydrogen) atoms. The Bertz CT molecular complexity index is 147. The molecule has 0 atom stereocenters. The molecule has 0 saturated heterocycles. The molecule has 0 bridgehead atoms. The van der Waals surface area contributed by atoms with Crippen LogP contribution < -0.4 is 0 Å². The first kappa shape index (κ1) is 18.9. The molecule has 0 aliphatic heterocycles. The number of rotatable bonds is 4. The number of nitrogens with one attached hydrogen (secondary N) is 1. The molecule has 0 spiro atoms. The highest BCUT2D eigenvalue weighted by Crippen LogP contribution is 1.89. The molecule has 0 unspecified atom stereocenters. The monoisotopic (exact) mass is 220 g/mol. The molecule has 0 saturated carbocycles. The summed E-state index contributed by atoms with van der Waals surface area (Å²) < 4.78 is 4.87. The van der Waals surface area contributed by atoms with Gasteiger partial charge in [0.25, 0.3) is 0 Å². The Morgan fingerprint density at radius 3 is 2.07 bits per heavy atom. The van der Waals surface area contributed by atoms with Crippen LogP contribution in [-0.4, -0.2) is 12.5 Å². The Kier molecular flexibility index (Phi) is 24.5. The molecular weight excluding hydrogens is 200 g/mol. The Labute approximate surface area is 93.4 Å². The molecule has 84 valence electrons. The van der Waals surface area contributed by atoms with E-state index in [0.717, 1.165) is 19.3 Å². The molecular formula is C10H21ClN2O. The third-order valence-corrected chi connectivity index (χ3v) is 1.16. The van der Waals surface area contributed by atoms with Gasteiger partial charge in [0.15, 0.2) is 5.90 Å². The lowest BCUT2D eigenvalue weighted by Gasteiger charge is -2.00. The molecule has 0 rings (SSSR count). The van der Waals surface area contributed by atoms with E-state index >= 15 is 0 Å². The van der Waals surface area contributed by atoms with E-state index in [9.17, 15) is 0 Å². The first-order chi connectivity index (χ1) is 6.22. The number of nitriles is 1. The number of nitrogens with zero attached hydrogens (tertiary/aromatic N) is 1. The van der Waals surface area contributed by atoms with Gasteiger partial charge in [-0.25, -0.2) is 0 Å². The van der Waals surface area contributed by atoms with Crippen molar-refractivity contribution in [3.05, 3.63) is 0 Å². The first-order valence-electron chi connectivity index (χ1n) is 4.79. The standard InChI is InChI=1S/C6H13NO.C4H7N.ClH/c1-3-5-6(7)8-4-2;1-2-3-4-5;/h7H,3-5H2,1-2H3;2-3H2,1H3;1H. The second kappa shape index (κ2) is 18.1. The van der Waals surface area contributed by atoms with Gasteiger partial charge in [0.2, 0.25) is 0 Å². The van der Waals surface area contributed by atoms with E-state index in [1.807, 2.05) is 26.8 Å². The molecule has 0 aromatic carbocycles. The predicted octanol–water partition coefficient (Wildman–Crippen LogP) is 3.53. The minimum Gasteiger partial charge on any atom is -0.481 e. The zero-order valence-electron chi connectivity index (χ0n) is 9.30. The van der Waals surface area contributed by atoms with E-state index in [2.05, 4.69) is 0 Å². The Morgan fingerprint density at radius 2 is 1.86 bits per heavy atom. The predicted molar refractivity (Wildman–Crippen MR) is 62.0 cm³/mol. The number of unbranched alkanes of at least 4 members (excludes halogenated alkanes) is 1. The zero-order valence-corrected chi connectivity index (χ0v) is 10.1. The van der Waals surface area contributed by atoms with Gasteiger partial charge in [0, 0.05) is 12.8 Å². The average molecular weight is 221 g/mol. The summed E-state index contributed by atoms with van der Waals surface area (Å²) in [5.41, 5.74) is 0. The minimum atomic E-state index is 0. The van der Waals surface area contributed by atoms with Crippen LogP contribution in [0.15, 0.2) is 0 Å². The summed E-state index contributed by atoms with van der Waals surface area (Å²) in [6, 6.07) is 2.02. The van der Waals surface area contributed by atoms with E-state index in [4.69, 9.17) is 15.4 Å². The molecule has 4 heteroatoms. The van der Waals surface area contributed by atoms with E-state index < -0.39 is 0 Å². The zero-order chi connectivity index (χ0) is 10.5. The van der Waals surface area contributed by atoms with Crippen LogP contribution in [0.4, 0.5) is 0 Å². The van der Waals surface area contributed by atoms with Crippen LogP contribution in [0.1, 0.15) is 46.5 Å². The van der Waals surface area contributed by atoms with Crippen molar-refractivity contribution in [2.24, 2.45) is 0 Å². The van der Waals surface area contributed by atoms with Crippen molar-refractivity contribution in [2.45, 2.75) is 46.5 Å². The maximum absolute atomic E-state index is 7.82. The lowest BCUT2D eigenvalue weighted by atomic mass is 10.3. The third-order valence-electron chi connectivity index (χ3n) is 1.16. The quantitative estimate of drug-likeness (QED) is 0.582. The van der Waals surface area contributed by atoms with Gasteiger partial charge < -0.3 is 4.74 Å². The Morgan fingerprint density at radius 1 is 1.29 bits per heavy atom. The maximum Gasteiger partial charge on any atom is 0.180 e. The maximum atomic E-state index is 7.82. The van der Waals surface area contributed by atoms with Crippen molar-refractivity contribution in [3.8, 4) is 6.07 Å². The first-order valence-corrected chi connectivity index (χ1v) is 4.79. The largest absolute Gasteiger partial charge is 0.481 e. The molecule has 0 heterocycles. The van der Waals surface area contributed by atoms with Gasteiger partial charge in [-0.1, -0.05) is 13.8 Å². The Hall–Kier alpha value is -0.750. The van der Waals surface area contributed by atoms with Crippen LogP contribution in [0.25, 0.3) is 0 Å². The lowest BCUT2D eigenvalue weighted by molar-refractivity contribution is 0.313. The van der Waals surface area contributed by atoms with E-state index in [1.54, 1.807) is 0 Å². The summed E-state index contributed by atoms with van der Waals surface area (Å²) in [6.45, 7) is 6.54. The van der Waals surface area contributed by atoms with E-state index in [-0.39, 0.29) is 12.4 Å². The fourth-order valence-corrected chi connectivity index (χ4v) is 0.585. The Balaban J connectivity index is -0.000000177. The normalized spacial score (nSPS) is 7.29. The summed E-state index contributed by atoms with van der Waals surface area (Å²) in [4.78, 5) is 0. The average Bonchev–Trinajstić information content (AvgIpc) is 2.08. The lowest BCUT2D eigenvalue weighted by Crippen LogP contribution is -2.00. The molecule has 0 aliphatic rings. The van der Waals surface area contributed by atoms with Crippen LogP contribution in [0.2, 0.25) is 0 Å². The van der Waals surface area contributed by atoms with Gasteiger partial charge in [-0.05, 0) is 19.8 Å². The van der Waals surface area contributed by atoms with Gasteiger partial charge in [0.05, 0.1) is 12.7 Å². The van der Waals surface area contributed by atoms with Crippen molar-refractivity contribution in [3.63, 3.8) is 0 Å². The SMILES string of the molecule is CCCC#N.CCCC(=N)OCC.Cl. The smallest absolute Gasteiger partial charge is 0.180 e. The second-order valence-corrected chi connectivity index (χ2v) is 2.51. The van der Waals surface area contributed by atoms with Crippen molar-refractivity contribution < 1.29 is 4.74 Å². The highest BCUT2D eigenvalue weighted by atomic mass is 35.5. The summed E-state index contributed by atoms with van der Waals surface area (Å²) in [5, 5.41) is 14.9. The summed E-state index contributed by atoms with van der Waals surface area (Å²) in [5.74, 6) is 0.412. The molecule has 0 aromatic rings. The fourth-order valence-electron chi connectivity index (χ4n) is 0.585. The van der Waals surface area contributed by atoms with Crippen molar-refractivity contribution in [1.29, 1.82) is 10.7 Å². The van der Waals surface area contributed by atoms with Crippen LogP contribution in [0, 0.1) is 16.7 Å². The molecule has 0 amide bonds. The van der Waals surface area contributed by atoms with Gasteiger partial charge in [-0.15, -0.1) is 12.4 Å². The van der Waals surface area contributed by atoms with E-state index in [1.165, 1.54) is 0 Å². The van der Waals surface area contributed by atoms with Crippen LogP contribution in [0.3, 0.4) is 0 Å². The van der Waals surface area contributed by atoms with Gasteiger partial charge in [0.1, 0.15) is 0 Å². The van der Waals surface area contributed by atoms with Crippen LogP contribution in [0.5, 0.6) is 0 Å². The highest BCUT2D eigenvalue weighted by molar-refractivity contribution is 5.85. The second-order valence-electron chi connectivity index (χ2n) is 2.51. The summed E-state index contributed by atoms with van der Waals surface area (Å²) in [6.07, 6.45) is 3.45. The highest BCUT2D eigenvalue weighted by Gasteiger charge is 1.90. The molecule has 0 aromatic heterocycles. The number of hydrogen-bond donors (Lipinski definition) is 1. The third kappa shape index (κ3) is 22.5. The molecule has 0 fully saturated rings. The summed E-state index contributed by atoms with van der Waals surface area (Å²) >= 11 is 0. The van der Waals surface area contributed by atoms with E-state index in [0.29, 0.717) is 18.9 Å². The molecule has 0 aliphatic carbocycles. The van der Waals surface area contributed by atoms with Crippen LogP contribution >= 0.6 is 12.4 Å². The fraction of sp³-hybridized carbons (Fsp3) is 0.800. The van der Waals surface area contributed by atoms with Gasteiger partial charge in [-0.2, -0.15) is 5.26 Å². The summed E-state index contributed by atoms with van der Waals surface area (Å²) in [7, 11) is 0. The van der Waals surface area contributed by atoms with Crippen molar-refractivity contribution in [2.75, 3.05) is 6.61 Å².